The minimum Gasteiger partial charge on any atom is -0.409 e. The van der Waals surface area contributed by atoms with Gasteiger partial charge in [-0.25, -0.2) is 4.39 Å². The van der Waals surface area contributed by atoms with Crippen molar-refractivity contribution in [3.05, 3.63) is 47.1 Å². The summed E-state index contributed by atoms with van der Waals surface area (Å²) < 4.78 is 17.7. The molecular formula is C10H7ClFN3O2. The van der Waals surface area contributed by atoms with Gasteiger partial charge in [-0.3, -0.25) is 0 Å². The van der Waals surface area contributed by atoms with Crippen LogP contribution in [-0.4, -0.2) is 16.2 Å². The zero-order chi connectivity index (χ0) is 12.3. The van der Waals surface area contributed by atoms with E-state index in [4.69, 9.17) is 21.3 Å². The molecule has 0 fully saturated rings. The van der Waals surface area contributed by atoms with Crippen LogP contribution in [0, 0.1) is 5.82 Å². The number of hydrogen-bond donors (Lipinski definition) is 2. The minimum atomic E-state index is -0.528. The van der Waals surface area contributed by atoms with Crippen LogP contribution >= 0.6 is 11.6 Å². The molecule has 0 bridgehead atoms. The van der Waals surface area contributed by atoms with Gasteiger partial charge in [-0.15, -0.1) is 0 Å². The van der Waals surface area contributed by atoms with Crippen molar-refractivity contribution in [1.29, 1.82) is 0 Å². The van der Waals surface area contributed by atoms with Crippen molar-refractivity contribution in [3.8, 4) is 0 Å². The number of oxime groups is 1. The van der Waals surface area contributed by atoms with E-state index in [0.717, 1.165) is 0 Å². The number of aromatic nitrogens is 1. The van der Waals surface area contributed by atoms with Crippen molar-refractivity contribution in [3.63, 3.8) is 0 Å². The Hall–Kier alpha value is -2.08. The highest BCUT2D eigenvalue weighted by Crippen LogP contribution is 2.19. The summed E-state index contributed by atoms with van der Waals surface area (Å²) in [5, 5.41) is 18.0. The molecular weight excluding hydrogens is 249 g/mol. The molecule has 1 heterocycles. The Morgan fingerprint density at radius 3 is 2.88 bits per heavy atom. The molecule has 0 saturated carbocycles. The van der Waals surface area contributed by atoms with Gasteiger partial charge in [0.05, 0.1) is 11.2 Å². The lowest BCUT2D eigenvalue weighted by Crippen LogP contribution is -2.12. The fraction of sp³-hybridized carbons (Fsp3) is 0. The molecule has 0 spiro atoms. The second kappa shape index (κ2) is 4.84. The molecule has 0 radical (unpaired) electrons. The molecule has 1 aromatic carbocycles. The molecule has 1 aromatic heterocycles. The number of hydrogen-bond acceptors (Lipinski definition) is 4. The van der Waals surface area contributed by atoms with Crippen molar-refractivity contribution >= 4 is 23.1 Å². The minimum absolute atomic E-state index is 0.0372. The first-order valence-electron chi connectivity index (χ1n) is 4.56. The van der Waals surface area contributed by atoms with E-state index in [0.29, 0.717) is 5.69 Å². The summed E-state index contributed by atoms with van der Waals surface area (Å²) in [4.78, 5) is 0. The van der Waals surface area contributed by atoms with Gasteiger partial charge < -0.3 is 15.0 Å². The molecule has 2 N–H and O–H groups in total. The van der Waals surface area contributed by atoms with Crippen LogP contribution in [0.25, 0.3) is 0 Å². The summed E-state index contributed by atoms with van der Waals surface area (Å²) in [6.07, 6.45) is 1.40. The van der Waals surface area contributed by atoms with Crippen LogP contribution in [-0.2, 0) is 0 Å². The zero-order valence-electron chi connectivity index (χ0n) is 8.39. The van der Waals surface area contributed by atoms with Crippen molar-refractivity contribution in [2.24, 2.45) is 5.16 Å². The predicted molar refractivity (Wildman–Crippen MR) is 59.9 cm³/mol. The molecule has 0 aliphatic heterocycles. The molecule has 0 atom stereocenters. The number of benzene rings is 1. The van der Waals surface area contributed by atoms with E-state index in [1.54, 1.807) is 0 Å². The van der Waals surface area contributed by atoms with E-state index in [9.17, 15) is 4.39 Å². The lowest BCUT2D eigenvalue weighted by atomic mass is 10.3. The highest BCUT2D eigenvalue weighted by molar-refractivity contribution is 6.31. The van der Waals surface area contributed by atoms with Crippen LogP contribution in [0.1, 0.15) is 5.76 Å². The second-order valence-corrected chi connectivity index (χ2v) is 3.49. The lowest BCUT2D eigenvalue weighted by Gasteiger charge is -2.05. The van der Waals surface area contributed by atoms with Crippen molar-refractivity contribution in [2.45, 2.75) is 0 Å². The van der Waals surface area contributed by atoms with Gasteiger partial charge in [0.2, 0.25) is 11.6 Å². The summed E-state index contributed by atoms with van der Waals surface area (Å²) >= 11 is 5.61. The third-order valence-electron chi connectivity index (χ3n) is 1.95. The summed E-state index contributed by atoms with van der Waals surface area (Å²) in [6, 6.07) is 5.51. The monoisotopic (exact) mass is 255 g/mol. The summed E-state index contributed by atoms with van der Waals surface area (Å²) in [6.45, 7) is 0. The molecule has 17 heavy (non-hydrogen) atoms. The number of halogens is 2. The van der Waals surface area contributed by atoms with Gasteiger partial charge in [-0.2, -0.15) is 0 Å². The third kappa shape index (κ3) is 2.54. The van der Waals surface area contributed by atoms with Gasteiger partial charge >= 0.3 is 0 Å². The zero-order valence-corrected chi connectivity index (χ0v) is 9.15. The Labute approximate surface area is 100 Å². The van der Waals surface area contributed by atoms with Crippen LogP contribution in [0.5, 0.6) is 0 Å². The summed E-state index contributed by atoms with van der Waals surface area (Å²) in [5.74, 6) is -0.238. The van der Waals surface area contributed by atoms with Gasteiger partial charge in [0.1, 0.15) is 5.82 Å². The normalized spacial score (nSPS) is 11.5. The Kier molecular flexibility index (Phi) is 3.24. The first-order chi connectivity index (χ1) is 8.20. The van der Waals surface area contributed by atoms with Crippen molar-refractivity contribution < 1.29 is 14.1 Å². The van der Waals surface area contributed by atoms with E-state index >= 15 is 0 Å². The Morgan fingerprint density at radius 1 is 1.47 bits per heavy atom. The molecule has 0 aliphatic carbocycles. The van der Waals surface area contributed by atoms with Crippen LogP contribution in [0.3, 0.4) is 0 Å². The third-order valence-corrected chi connectivity index (χ3v) is 2.24. The molecule has 0 unspecified atom stereocenters. The Morgan fingerprint density at radius 2 is 2.29 bits per heavy atom. The Balaban J connectivity index is 2.22. The number of anilines is 1. The van der Waals surface area contributed by atoms with E-state index in [1.807, 2.05) is 0 Å². The maximum absolute atomic E-state index is 12.9. The quantitative estimate of drug-likeness (QED) is 0.375. The molecule has 2 rings (SSSR count). The molecule has 5 nitrogen and oxygen atoms in total. The standard InChI is InChI=1S/C10H7ClFN3O2/c11-7-5-6(1-2-8(7)12)14-10(15-16)9-3-4-13-17-9/h1-5,16H,(H,14,15). The van der Waals surface area contributed by atoms with Crippen LogP contribution in [0.4, 0.5) is 10.1 Å². The molecule has 0 aliphatic rings. The highest BCUT2D eigenvalue weighted by atomic mass is 35.5. The summed E-state index contributed by atoms with van der Waals surface area (Å²) in [5.41, 5.74) is 0.459. The highest BCUT2D eigenvalue weighted by Gasteiger charge is 2.09. The lowest BCUT2D eigenvalue weighted by molar-refractivity contribution is 0.316. The van der Waals surface area contributed by atoms with E-state index in [1.165, 1.54) is 30.5 Å². The maximum Gasteiger partial charge on any atom is 0.215 e. The van der Waals surface area contributed by atoms with Crippen molar-refractivity contribution in [1.82, 2.24) is 5.16 Å². The van der Waals surface area contributed by atoms with Gasteiger partial charge in [0.15, 0.2) is 0 Å². The largest absolute Gasteiger partial charge is 0.409 e. The molecule has 0 amide bonds. The van der Waals surface area contributed by atoms with E-state index < -0.39 is 5.82 Å². The summed E-state index contributed by atoms with van der Waals surface area (Å²) in [7, 11) is 0. The average Bonchev–Trinajstić information content (AvgIpc) is 2.84. The number of nitrogens with one attached hydrogen (secondary N) is 1. The van der Waals surface area contributed by atoms with Crippen LogP contribution < -0.4 is 5.32 Å². The van der Waals surface area contributed by atoms with Gasteiger partial charge in [0.25, 0.3) is 0 Å². The van der Waals surface area contributed by atoms with Gasteiger partial charge in [0, 0.05) is 11.8 Å². The van der Waals surface area contributed by atoms with Crippen LogP contribution in [0.2, 0.25) is 5.02 Å². The first-order valence-corrected chi connectivity index (χ1v) is 4.93. The van der Waals surface area contributed by atoms with E-state index in [2.05, 4.69) is 15.6 Å². The first kappa shape index (κ1) is 11.4. The second-order valence-electron chi connectivity index (χ2n) is 3.08. The van der Waals surface area contributed by atoms with Crippen molar-refractivity contribution in [2.75, 3.05) is 5.32 Å². The molecule has 88 valence electrons. The fourth-order valence-electron chi connectivity index (χ4n) is 1.18. The average molecular weight is 256 g/mol. The number of rotatable bonds is 2. The molecule has 7 heteroatoms. The van der Waals surface area contributed by atoms with Crippen LogP contribution in [0.15, 0.2) is 40.1 Å². The topological polar surface area (TPSA) is 70.7 Å². The fourth-order valence-corrected chi connectivity index (χ4v) is 1.36. The maximum atomic E-state index is 12.9. The Bertz CT molecular complexity index is 542. The van der Waals surface area contributed by atoms with Gasteiger partial charge in [-0.05, 0) is 18.2 Å². The smallest absolute Gasteiger partial charge is 0.215 e. The van der Waals surface area contributed by atoms with E-state index in [-0.39, 0.29) is 16.6 Å². The predicted octanol–water partition coefficient (Wildman–Crippen LogP) is 2.72. The number of amidine groups is 1. The molecule has 0 saturated heterocycles. The van der Waals surface area contributed by atoms with Gasteiger partial charge in [-0.1, -0.05) is 21.9 Å². The molecule has 2 aromatic rings. The number of nitrogens with zero attached hydrogens (tertiary/aromatic N) is 2. The SMILES string of the molecule is O/N=C(/Nc1ccc(F)c(Cl)c1)c1ccno1.